The summed E-state index contributed by atoms with van der Waals surface area (Å²) in [6.45, 7) is 6.31. The van der Waals surface area contributed by atoms with Crippen LogP contribution in [0.25, 0.3) is 0 Å². The molecular weight excluding hydrogens is 232 g/mol. The van der Waals surface area contributed by atoms with Crippen LogP contribution in [0, 0.1) is 13.8 Å². The molecule has 1 saturated carbocycles. The molecule has 2 aromatic rings. The fourth-order valence-electron chi connectivity index (χ4n) is 2.36. The van der Waals surface area contributed by atoms with Gasteiger partial charge < -0.3 is 9.88 Å². The zero-order chi connectivity index (χ0) is 13.2. The summed E-state index contributed by atoms with van der Waals surface area (Å²) in [5.74, 6) is 0. The topological polar surface area (TPSA) is 17.0 Å². The van der Waals surface area contributed by atoms with Gasteiger partial charge in [0.05, 0.1) is 0 Å². The van der Waals surface area contributed by atoms with Gasteiger partial charge in [-0.2, -0.15) is 0 Å². The minimum absolute atomic E-state index is 0.781. The van der Waals surface area contributed by atoms with Crippen LogP contribution < -0.4 is 5.32 Å². The minimum Gasteiger partial charge on any atom is -0.350 e. The highest BCUT2D eigenvalue weighted by atomic mass is 15.0. The van der Waals surface area contributed by atoms with E-state index in [1.807, 2.05) is 0 Å². The third-order valence-electron chi connectivity index (χ3n) is 3.92. The lowest BCUT2D eigenvalue weighted by Gasteiger charge is -2.06. The summed E-state index contributed by atoms with van der Waals surface area (Å²) in [5.41, 5.74) is 5.50. The summed E-state index contributed by atoms with van der Waals surface area (Å²) in [6, 6.07) is 9.73. The van der Waals surface area contributed by atoms with Crippen LogP contribution in [0.5, 0.6) is 0 Å². The molecule has 0 spiro atoms. The van der Waals surface area contributed by atoms with Crippen molar-refractivity contribution in [2.24, 2.45) is 0 Å². The van der Waals surface area contributed by atoms with E-state index in [0.717, 1.165) is 19.1 Å². The SMILES string of the molecule is Cc1ccc(Cn2ccc(CNC3CC3)c2)cc1C. The number of nitrogens with one attached hydrogen (secondary N) is 1. The first-order valence-electron chi connectivity index (χ1n) is 7.15. The lowest BCUT2D eigenvalue weighted by Crippen LogP contribution is -2.14. The lowest BCUT2D eigenvalue weighted by molar-refractivity contribution is 0.685. The Balaban J connectivity index is 1.63. The lowest BCUT2D eigenvalue weighted by atomic mass is 10.1. The molecule has 1 fully saturated rings. The smallest absolute Gasteiger partial charge is 0.0470 e. The average Bonchev–Trinajstić information content (AvgIpc) is 3.12. The van der Waals surface area contributed by atoms with Crippen molar-refractivity contribution in [3.8, 4) is 0 Å². The van der Waals surface area contributed by atoms with E-state index in [1.54, 1.807) is 0 Å². The zero-order valence-electron chi connectivity index (χ0n) is 11.8. The van der Waals surface area contributed by atoms with Gasteiger partial charge >= 0.3 is 0 Å². The van der Waals surface area contributed by atoms with Crippen molar-refractivity contribution in [3.63, 3.8) is 0 Å². The quantitative estimate of drug-likeness (QED) is 0.865. The van der Waals surface area contributed by atoms with Crippen molar-refractivity contribution in [1.82, 2.24) is 9.88 Å². The highest BCUT2D eigenvalue weighted by Crippen LogP contribution is 2.19. The van der Waals surface area contributed by atoms with Gasteiger partial charge in [-0.3, -0.25) is 0 Å². The maximum Gasteiger partial charge on any atom is 0.0470 e. The van der Waals surface area contributed by atoms with Gasteiger partial charge in [0.2, 0.25) is 0 Å². The molecule has 1 N–H and O–H groups in total. The van der Waals surface area contributed by atoms with E-state index in [9.17, 15) is 0 Å². The molecule has 3 rings (SSSR count). The van der Waals surface area contributed by atoms with E-state index in [4.69, 9.17) is 0 Å². The van der Waals surface area contributed by atoms with E-state index in [0.29, 0.717) is 0 Å². The molecule has 1 aromatic heterocycles. The van der Waals surface area contributed by atoms with E-state index < -0.39 is 0 Å². The van der Waals surface area contributed by atoms with Gasteiger partial charge in [-0.05, 0) is 55.0 Å². The fourth-order valence-corrected chi connectivity index (χ4v) is 2.36. The number of hydrogen-bond acceptors (Lipinski definition) is 1. The molecule has 1 aliphatic carbocycles. The van der Waals surface area contributed by atoms with E-state index in [2.05, 4.69) is 60.4 Å². The largest absolute Gasteiger partial charge is 0.350 e. The number of rotatable bonds is 5. The second kappa shape index (κ2) is 5.22. The van der Waals surface area contributed by atoms with Crippen LogP contribution >= 0.6 is 0 Å². The number of hydrogen-bond donors (Lipinski definition) is 1. The van der Waals surface area contributed by atoms with Crippen LogP contribution in [0.2, 0.25) is 0 Å². The number of aryl methyl sites for hydroxylation is 2. The maximum absolute atomic E-state index is 3.55. The van der Waals surface area contributed by atoms with Crippen LogP contribution in [0.3, 0.4) is 0 Å². The average molecular weight is 254 g/mol. The fraction of sp³-hybridized carbons (Fsp3) is 0.412. The van der Waals surface area contributed by atoms with Crippen LogP contribution in [0.1, 0.15) is 35.1 Å². The van der Waals surface area contributed by atoms with Crippen molar-refractivity contribution < 1.29 is 0 Å². The first-order chi connectivity index (χ1) is 9.20. The molecule has 0 saturated heterocycles. The monoisotopic (exact) mass is 254 g/mol. The number of benzene rings is 1. The Labute approximate surface area is 115 Å². The normalized spacial score (nSPS) is 14.8. The molecule has 1 aliphatic rings. The van der Waals surface area contributed by atoms with Crippen molar-refractivity contribution >= 4 is 0 Å². The summed E-state index contributed by atoms with van der Waals surface area (Å²) in [6.07, 6.45) is 7.14. The van der Waals surface area contributed by atoms with Crippen LogP contribution in [-0.4, -0.2) is 10.6 Å². The second-order valence-electron chi connectivity index (χ2n) is 5.77. The van der Waals surface area contributed by atoms with Gasteiger partial charge in [0.15, 0.2) is 0 Å². The molecule has 1 heterocycles. The third kappa shape index (κ3) is 3.27. The predicted octanol–water partition coefficient (Wildman–Crippen LogP) is 3.41. The summed E-state index contributed by atoms with van der Waals surface area (Å²) < 4.78 is 2.27. The van der Waals surface area contributed by atoms with Crippen molar-refractivity contribution in [2.45, 2.75) is 45.8 Å². The number of nitrogens with zero attached hydrogens (tertiary/aromatic N) is 1. The summed E-state index contributed by atoms with van der Waals surface area (Å²) in [5, 5.41) is 3.55. The molecule has 0 aliphatic heterocycles. The Hall–Kier alpha value is -1.54. The van der Waals surface area contributed by atoms with E-state index in [1.165, 1.54) is 35.1 Å². The predicted molar refractivity (Wildman–Crippen MR) is 79.3 cm³/mol. The minimum atomic E-state index is 0.781. The Kier molecular flexibility index (Phi) is 3.43. The molecule has 0 atom stereocenters. The molecular formula is C17H22N2. The molecule has 100 valence electrons. The van der Waals surface area contributed by atoms with Gasteiger partial charge in [0.1, 0.15) is 0 Å². The van der Waals surface area contributed by atoms with Gasteiger partial charge in [0, 0.05) is 31.5 Å². The molecule has 0 unspecified atom stereocenters. The Morgan fingerprint density at radius 3 is 2.68 bits per heavy atom. The second-order valence-corrected chi connectivity index (χ2v) is 5.77. The summed E-state index contributed by atoms with van der Waals surface area (Å²) >= 11 is 0. The van der Waals surface area contributed by atoms with Crippen molar-refractivity contribution in [2.75, 3.05) is 0 Å². The Morgan fingerprint density at radius 1 is 1.11 bits per heavy atom. The molecule has 0 radical (unpaired) electrons. The molecule has 1 aromatic carbocycles. The molecule has 0 amide bonds. The summed E-state index contributed by atoms with van der Waals surface area (Å²) in [4.78, 5) is 0. The van der Waals surface area contributed by atoms with Gasteiger partial charge in [-0.25, -0.2) is 0 Å². The Morgan fingerprint density at radius 2 is 1.95 bits per heavy atom. The highest BCUT2D eigenvalue weighted by molar-refractivity contribution is 5.30. The molecule has 2 heteroatoms. The summed E-state index contributed by atoms with van der Waals surface area (Å²) in [7, 11) is 0. The van der Waals surface area contributed by atoms with E-state index >= 15 is 0 Å². The highest BCUT2D eigenvalue weighted by Gasteiger charge is 2.19. The van der Waals surface area contributed by atoms with Crippen LogP contribution in [-0.2, 0) is 13.1 Å². The van der Waals surface area contributed by atoms with Crippen LogP contribution in [0.4, 0.5) is 0 Å². The molecule has 2 nitrogen and oxygen atoms in total. The van der Waals surface area contributed by atoms with Gasteiger partial charge in [-0.1, -0.05) is 18.2 Å². The van der Waals surface area contributed by atoms with Gasteiger partial charge in [0.25, 0.3) is 0 Å². The third-order valence-corrected chi connectivity index (χ3v) is 3.92. The number of aromatic nitrogens is 1. The van der Waals surface area contributed by atoms with E-state index in [-0.39, 0.29) is 0 Å². The van der Waals surface area contributed by atoms with Gasteiger partial charge in [-0.15, -0.1) is 0 Å². The Bertz CT molecular complexity index is 564. The molecule has 19 heavy (non-hydrogen) atoms. The van der Waals surface area contributed by atoms with Crippen LogP contribution in [0.15, 0.2) is 36.7 Å². The maximum atomic E-state index is 3.55. The first-order valence-corrected chi connectivity index (χ1v) is 7.15. The van der Waals surface area contributed by atoms with Crippen molar-refractivity contribution in [3.05, 3.63) is 58.9 Å². The van der Waals surface area contributed by atoms with Crippen molar-refractivity contribution in [1.29, 1.82) is 0 Å². The standard InChI is InChI=1S/C17H22N2/c1-13-3-4-15(9-14(13)2)11-19-8-7-16(12-19)10-18-17-5-6-17/h3-4,7-9,12,17-18H,5-6,10-11H2,1-2H3. The molecule has 0 bridgehead atoms. The first kappa shape index (κ1) is 12.5. The zero-order valence-corrected chi connectivity index (χ0v) is 11.8.